The van der Waals surface area contributed by atoms with Crippen LogP contribution in [-0.2, 0) is 47.4 Å². The third-order valence-corrected chi connectivity index (χ3v) is 4.97. The lowest BCUT2D eigenvalue weighted by atomic mass is 10.2. The van der Waals surface area contributed by atoms with E-state index >= 15 is 0 Å². The Hall–Kier alpha value is -0.550. The fourth-order valence-electron chi connectivity index (χ4n) is 2.76. The highest BCUT2D eigenvalue weighted by atomic mass is 35.5. The predicted molar refractivity (Wildman–Crippen MR) is 146 cm³/mol. The van der Waals surface area contributed by atoms with E-state index in [-0.39, 0.29) is 0 Å². The molecule has 0 amide bonds. The van der Waals surface area contributed by atoms with E-state index < -0.39 is 0 Å². The molecule has 0 aromatic carbocycles. The summed E-state index contributed by atoms with van der Waals surface area (Å²) in [5.74, 6) is 3.14. The van der Waals surface area contributed by atoms with E-state index in [9.17, 15) is 0 Å². The fraction of sp³-hybridized carbons (Fsp3) is 0.926. The second-order valence-corrected chi connectivity index (χ2v) is 8.25. The molecule has 0 spiro atoms. The number of alkyl halides is 1. The summed E-state index contributed by atoms with van der Waals surface area (Å²) in [4.78, 5) is 0. The van der Waals surface area contributed by atoms with E-state index in [4.69, 9.17) is 65.4 Å². The summed E-state index contributed by atoms with van der Waals surface area (Å²) in [6.45, 7) is 10.7. The van der Waals surface area contributed by atoms with Gasteiger partial charge in [0.25, 0.3) is 0 Å². The van der Waals surface area contributed by atoms with Crippen molar-refractivity contribution in [3.63, 3.8) is 0 Å². The van der Waals surface area contributed by atoms with Gasteiger partial charge in [-0.1, -0.05) is 18.8 Å². The van der Waals surface area contributed by atoms with Crippen LogP contribution in [0, 0.1) is 12.3 Å². The van der Waals surface area contributed by atoms with Crippen LogP contribution < -0.4 is 0 Å². The summed E-state index contributed by atoms with van der Waals surface area (Å²) in [5, 5.41) is 0. The van der Waals surface area contributed by atoms with Gasteiger partial charge in [0.1, 0.15) is 6.61 Å². The summed E-state index contributed by atoms with van der Waals surface area (Å²) < 4.78 is 54.1. The van der Waals surface area contributed by atoms with Crippen LogP contribution in [0.15, 0.2) is 0 Å². The van der Waals surface area contributed by atoms with Crippen LogP contribution in [0.1, 0.15) is 25.7 Å². The molecule has 0 rings (SSSR count). The minimum absolute atomic E-state index is 0.311. The predicted octanol–water partition coefficient (Wildman–Crippen LogP) is 2.58. The van der Waals surface area contributed by atoms with Crippen LogP contribution in [-0.4, -0.2) is 138 Å². The lowest BCUT2D eigenvalue weighted by Gasteiger charge is -2.09. The highest BCUT2D eigenvalue weighted by molar-refractivity contribution is 6.17. The summed E-state index contributed by atoms with van der Waals surface area (Å²) in [7, 11) is 0. The number of terminal acetylenes is 1. The molecule has 226 valence electrons. The Kier molecular flexibility index (Phi) is 35.9. The second-order valence-electron chi connectivity index (χ2n) is 7.87. The van der Waals surface area contributed by atoms with Crippen LogP contribution in [0.2, 0.25) is 0 Å². The maximum atomic E-state index is 5.64. The smallest absolute Gasteiger partial charge is 0.107 e. The Bertz CT molecular complexity index is 468. The van der Waals surface area contributed by atoms with Gasteiger partial charge in [0.2, 0.25) is 0 Å². The molecule has 11 heteroatoms. The number of hydrogen-bond donors (Lipinski definition) is 0. The summed E-state index contributed by atoms with van der Waals surface area (Å²) >= 11 is 5.64. The lowest BCUT2D eigenvalue weighted by Crippen LogP contribution is -2.15. The molecule has 0 N–H and O–H groups in total. The Morgan fingerprint density at radius 2 is 0.605 bits per heavy atom. The average Bonchev–Trinajstić information content (AvgIpc) is 2.93. The van der Waals surface area contributed by atoms with Crippen molar-refractivity contribution in [3.05, 3.63) is 0 Å². The topological polar surface area (TPSA) is 92.3 Å². The van der Waals surface area contributed by atoms with E-state index in [1.807, 2.05) is 0 Å². The van der Waals surface area contributed by atoms with Crippen molar-refractivity contribution in [2.75, 3.05) is 138 Å². The zero-order chi connectivity index (χ0) is 27.5. The minimum Gasteiger partial charge on any atom is -0.379 e. The number of halogens is 1. The molecule has 38 heavy (non-hydrogen) atoms. The third-order valence-electron chi connectivity index (χ3n) is 4.71. The summed E-state index contributed by atoms with van der Waals surface area (Å²) in [6.07, 6.45) is 9.58. The summed E-state index contributed by atoms with van der Waals surface area (Å²) in [6, 6.07) is 0. The first-order valence-corrected chi connectivity index (χ1v) is 14.2. The van der Waals surface area contributed by atoms with E-state index in [1.54, 1.807) is 0 Å². The zero-order valence-corrected chi connectivity index (χ0v) is 24.0. The van der Waals surface area contributed by atoms with Gasteiger partial charge in [0, 0.05) is 12.5 Å². The number of rotatable bonds is 34. The van der Waals surface area contributed by atoms with Gasteiger partial charge >= 0.3 is 0 Å². The molecule has 0 unspecified atom stereocenters. The lowest BCUT2D eigenvalue weighted by molar-refractivity contribution is -0.0261. The molecule has 0 radical (unpaired) electrons. The quantitative estimate of drug-likeness (QED) is 0.0653. The standard InChI is InChI=1S/C27H51ClO10/c1-2-8-29-10-12-31-14-16-33-18-20-35-22-24-37-26-27-38-25-23-36-21-19-34-17-15-32-13-11-30-9-6-4-3-5-7-28/h1H,3-27H2. The minimum atomic E-state index is 0.311. The largest absolute Gasteiger partial charge is 0.379 e. The molecule has 0 saturated heterocycles. The molecule has 0 fully saturated rings. The van der Waals surface area contributed by atoms with Crippen LogP contribution in [0.5, 0.6) is 0 Å². The molecular formula is C27H51ClO10. The van der Waals surface area contributed by atoms with Crippen molar-refractivity contribution in [2.45, 2.75) is 25.7 Å². The summed E-state index contributed by atoms with van der Waals surface area (Å²) in [5.41, 5.74) is 0. The first-order chi connectivity index (χ1) is 18.9. The molecule has 10 nitrogen and oxygen atoms in total. The average molecular weight is 571 g/mol. The van der Waals surface area contributed by atoms with Gasteiger partial charge < -0.3 is 47.4 Å². The molecule has 0 aromatic rings. The fourth-order valence-corrected chi connectivity index (χ4v) is 2.95. The molecule has 0 aliphatic rings. The van der Waals surface area contributed by atoms with Crippen LogP contribution in [0.4, 0.5) is 0 Å². The maximum absolute atomic E-state index is 5.64. The molecule has 0 saturated carbocycles. The molecule has 0 atom stereocenters. The first-order valence-electron chi connectivity index (χ1n) is 13.7. The molecule has 0 aromatic heterocycles. The van der Waals surface area contributed by atoms with Gasteiger partial charge in [0.05, 0.1) is 119 Å². The zero-order valence-electron chi connectivity index (χ0n) is 23.2. The maximum Gasteiger partial charge on any atom is 0.107 e. The van der Waals surface area contributed by atoms with Crippen molar-refractivity contribution in [1.82, 2.24) is 0 Å². The van der Waals surface area contributed by atoms with Crippen molar-refractivity contribution in [3.8, 4) is 12.3 Å². The van der Waals surface area contributed by atoms with E-state index in [2.05, 4.69) is 5.92 Å². The third kappa shape index (κ3) is 35.5. The monoisotopic (exact) mass is 570 g/mol. The van der Waals surface area contributed by atoms with E-state index in [0.717, 1.165) is 25.3 Å². The van der Waals surface area contributed by atoms with Gasteiger partial charge in [-0.05, 0) is 12.8 Å². The Labute approximate surface area is 235 Å². The van der Waals surface area contributed by atoms with Crippen molar-refractivity contribution < 1.29 is 47.4 Å². The van der Waals surface area contributed by atoms with E-state index in [1.165, 1.54) is 12.8 Å². The van der Waals surface area contributed by atoms with Crippen LogP contribution in [0.25, 0.3) is 0 Å². The highest BCUT2D eigenvalue weighted by Gasteiger charge is 1.96. The van der Waals surface area contributed by atoms with Crippen molar-refractivity contribution in [2.24, 2.45) is 0 Å². The molecular weight excluding hydrogens is 520 g/mol. The Morgan fingerprint density at radius 3 is 0.895 bits per heavy atom. The number of hydrogen-bond acceptors (Lipinski definition) is 10. The van der Waals surface area contributed by atoms with Crippen molar-refractivity contribution >= 4 is 11.6 Å². The molecule has 0 bridgehead atoms. The SMILES string of the molecule is C#CCOCCOCCOCCOCCOCCOCCOCCOCCOCCOCCCCCCCl. The molecule has 0 heterocycles. The van der Waals surface area contributed by atoms with Gasteiger partial charge in [-0.3, -0.25) is 0 Å². The van der Waals surface area contributed by atoms with Gasteiger partial charge in [0.15, 0.2) is 0 Å². The van der Waals surface area contributed by atoms with Gasteiger partial charge in [-0.25, -0.2) is 0 Å². The second kappa shape index (κ2) is 36.5. The number of ether oxygens (including phenoxy) is 10. The Balaban J connectivity index is 3.01. The Morgan fingerprint density at radius 1 is 0.342 bits per heavy atom. The normalized spacial score (nSPS) is 11.3. The van der Waals surface area contributed by atoms with Crippen molar-refractivity contribution in [1.29, 1.82) is 0 Å². The van der Waals surface area contributed by atoms with E-state index in [0.29, 0.717) is 126 Å². The van der Waals surface area contributed by atoms with Crippen LogP contribution >= 0.6 is 11.6 Å². The molecule has 0 aliphatic heterocycles. The highest BCUT2D eigenvalue weighted by Crippen LogP contribution is 2.01. The van der Waals surface area contributed by atoms with Gasteiger partial charge in [-0.2, -0.15) is 0 Å². The molecule has 0 aliphatic carbocycles. The van der Waals surface area contributed by atoms with Gasteiger partial charge in [-0.15, -0.1) is 18.0 Å². The van der Waals surface area contributed by atoms with Crippen LogP contribution in [0.3, 0.4) is 0 Å². The number of unbranched alkanes of at least 4 members (excludes halogenated alkanes) is 3. The first kappa shape index (κ1) is 37.5.